The molecular formula is C16H16N2OS. The van der Waals surface area contributed by atoms with E-state index >= 15 is 0 Å². The molecule has 0 fully saturated rings. The Hall–Kier alpha value is -2.20. The van der Waals surface area contributed by atoms with Crippen molar-refractivity contribution in [2.24, 2.45) is 5.73 Å². The van der Waals surface area contributed by atoms with Gasteiger partial charge in [-0.15, -0.1) is 0 Å². The molecule has 0 aliphatic heterocycles. The maximum absolute atomic E-state index is 12.6. The van der Waals surface area contributed by atoms with Crippen molar-refractivity contribution in [2.45, 2.75) is 6.42 Å². The van der Waals surface area contributed by atoms with Gasteiger partial charge in [0.05, 0.1) is 4.99 Å². The monoisotopic (exact) mass is 284 g/mol. The average molecular weight is 284 g/mol. The fourth-order valence-corrected chi connectivity index (χ4v) is 2.01. The summed E-state index contributed by atoms with van der Waals surface area (Å²) in [7, 11) is 0. The van der Waals surface area contributed by atoms with Crippen molar-refractivity contribution in [3.05, 3.63) is 66.2 Å². The van der Waals surface area contributed by atoms with Crippen LogP contribution in [0.15, 0.2) is 60.7 Å². The molecule has 0 radical (unpaired) electrons. The number of nitrogens with two attached hydrogens (primary N) is 1. The first kappa shape index (κ1) is 14.2. The van der Waals surface area contributed by atoms with Gasteiger partial charge >= 0.3 is 0 Å². The molecule has 0 spiro atoms. The Morgan fingerprint density at radius 2 is 1.55 bits per heavy atom. The van der Waals surface area contributed by atoms with Crippen molar-refractivity contribution in [3.8, 4) is 0 Å². The number of carbonyl (C=O) groups excluding carboxylic acids is 1. The minimum atomic E-state index is -0.0481. The lowest BCUT2D eigenvalue weighted by Crippen LogP contribution is -2.33. The normalized spacial score (nSPS) is 10.0. The van der Waals surface area contributed by atoms with Gasteiger partial charge in [-0.1, -0.05) is 48.6 Å². The lowest BCUT2D eigenvalue weighted by molar-refractivity contribution is 0.0987. The van der Waals surface area contributed by atoms with E-state index < -0.39 is 0 Å². The predicted molar refractivity (Wildman–Crippen MR) is 86.0 cm³/mol. The van der Waals surface area contributed by atoms with Crippen molar-refractivity contribution in [3.63, 3.8) is 0 Å². The zero-order chi connectivity index (χ0) is 14.4. The van der Waals surface area contributed by atoms with Gasteiger partial charge in [0.25, 0.3) is 5.91 Å². The molecule has 4 heteroatoms. The van der Waals surface area contributed by atoms with Crippen LogP contribution in [-0.2, 0) is 0 Å². The maximum Gasteiger partial charge on any atom is 0.258 e. The molecule has 0 saturated carbocycles. The molecule has 0 bridgehead atoms. The highest BCUT2D eigenvalue weighted by atomic mass is 32.1. The molecule has 0 aromatic heterocycles. The van der Waals surface area contributed by atoms with Gasteiger partial charge in [-0.05, 0) is 24.3 Å². The Kier molecular flexibility index (Phi) is 4.85. The molecule has 0 saturated heterocycles. The third-order valence-electron chi connectivity index (χ3n) is 2.92. The van der Waals surface area contributed by atoms with Crippen molar-refractivity contribution in [2.75, 3.05) is 11.4 Å². The van der Waals surface area contributed by atoms with E-state index in [9.17, 15) is 4.79 Å². The number of carbonyl (C=O) groups is 1. The highest BCUT2D eigenvalue weighted by Gasteiger charge is 2.17. The second kappa shape index (κ2) is 6.82. The minimum Gasteiger partial charge on any atom is -0.393 e. The third-order valence-corrected chi connectivity index (χ3v) is 3.12. The van der Waals surface area contributed by atoms with E-state index in [2.05, 4.69) is 0 Å². The summed E-state index contributed by atoms with van der Waals surface area (Å²) < 4.78 is 0. The zero-order valence-electron chi connectivity index (χ0n) is 11.0. The summed E-state index contributed by atoms with van der Waals surface area (Å²) in [5.74, 6) is -0.0481. The summed E-state index contributed by atoms with van der Waals surface area (Å²) in [5.41, 5.74) is 7.05. The van der Waals surface area contributed by atoms with Crippen LogP contribution in [0, 0.1) is 0 Å². The second-order valence-corrected chi connectivity index (χ2v) is 4.90. The van der Waals surface area contributed by atoms with E-state index in [1.165, 1.54) is 0 Å². The Morgan fingerprint density at radius 3 is 2.10 bits per heavy atom. The Bertz CT molecular complexity index is 584. The van der Waals surface area contributed by atoms with E-state index in [4.69, 9.17) is 18.0 Å². The number of hydrogen-bond acceptors (Lipinski definition) is 2. The average Bonchev–Trinajstić information content (AvgIpc) is 2.49. The van der Waals surface area contributed by atoms with Crippen molar-refractivity contribution in [1.82, 2.24) is 0 Å². The first-order chi connectivity index (χ1) is 9.68. The molecule has 102 valence electrons. The lowest BCUT2D eigenvalue weighted by atomic mass is 10.1. The molecule has 2 aromatic carbocycles. The van der Waals surface area contributed by atoms with Gasteiger partial charge in [0, 0.05) is 24.2 Å². The van der Waals surface area contributed by atoms with Gasteiger partial charge in [0.2, 0.25) is 0 Å². The van der Waals surface area contributed by atoms with Gasteiger partial charge < -0.3 is 10.6 Å². The number of anilines is 1. The van der Waals surface area contributed by atoms with Crippen LogP contribution in [0.2, 0.25) is 0 Å². The van der Waals surface area contributed by atoms with Crippen LogP contribution in [0.3, 0.4) is 0 Å². The number of hydrogen-bond donors (Lipinski definition) is 1. The number of amides is 1. The molecule has 2 rings (SSSR count). The molecule has 1 amide bonds. The van der Waals surface area contributed by atoms with Crippen molar-refractivity contribution in [1.29, 1.82) is 0 Å². The van der Waals surface area contributed by atoms with Gasteiger partial charge in [-0.25, -0.2) is 0 Å². The fourth-order valence-electron chi connectivity index (χ4n) is 1.91. The first-order valence-corrected chi connectivity index (χ1v) is 6.79. The fraction of sp³-hybridized carbons (Fsp3) is 0.125. The summed E-state index contributed by atoms with van der Waals surface area (Å²) in [4.78, 5) is 14.7. The third kappa shape index (κ3) is 3.65. The van der Waals surface area contributed by atoms with E-state index in [1.54, 1.807) is 17.0 Å². The standard InChI is InChI=1S/C16H16N2OS/c17-15(20)11-12-18(14-9-5-2-6-10-14)16(19)13-7-3-1-4-8-13/h1-10H,11-12H2,(H2,17,20). The smallest absolute Gasteiger partial charge is 0.258 e. The predicted octanol–water partition coefficient (Wildman–Crippen LogP) is 3.01. The van der Waals surface area contributed by atoms with E-state index in [-0.39, 0.29) is 5.91 Å². The van der Waals surface area contributed by atoms with Gasteiger partial charge in [0.1, 0.15) is 0 Å². The van der Waals surface area contributed by atoms with Crippen LogP contribution in [0.5, 0.6) is 0 Å². The van der Waals surface area contributed by atoms with Crippen LogP contribution in [-0.4, -0.2) is 17.4 Å². The van der Waals surface area contributed by atoms with E-state index in [0.29, 0.717) is 23.5 Å². The van der Waals surface area contributed by atoms with Gasteiger partial charge in [0.15, 0.2) is 0 Å². The number of benzene rings is 2. The molecule has 3 nitrogen and oxygen atoms in total. The topological polar surface area (TPSA) is 46.3 Å². The number of nitrogens with zero attached hydrogens (tertiary/aromatic N) is 1. The van der Waals surface area contributed by atoms with Crippen molar-refractivity contribution < 1.29 is 4.79 Å². The summed E-state index contributed by atoms with van der Waals surface area (Å²) in [5, 5.41) is 0. The molecule has 0 heterocycles. The Morgan fingerprint density at radius 1 is 1.00 bits per heavy atom. The van der Waals surface area contributed by atoms with Crippen LogP contribution in [0.25, 0.3) is 0 Å². The highest BCUT2D eigenvalue weighted by Crippen LogP contribution is 2.17. The molecule has 0 unspecified atom stereocenters. The summed E-state index contributed by atoms with van der Waals surface area (Å²) in [6.45, 7) is 0.479. The van der Waals surface area contributed by atoms with Gasteiger partial charge in [-0.2, -0.15) is 0 Å². The lowest BCUT2D eigenvalue weighted by Gasteiger charge is -2.22. The quantitative estimate of drug-likeness (QED) is 0.859. The Labute approximate surface area is 124 Å². The molecule has 0 aliphatic rings. The van der Waals surface area contributed by atoms with Crippen LogP contribution >= 0.6 is 12.2 Å². The second-order valence-electron chi connectivity index (χ2n) is 4.37. The minimum absolute atomic E-state index is 0.0481. The first-order valence-electron chi connectivity index (χ1n) is 6.39. The SMILES string of the molecule is NC(=S)CCN(C(=O)c1ccccc1)c1ccccc1. The maximum atomic E-state index is 12.6. The zero-order valence-corrected chi connectivity index (χ0v) is 11.8. The highest BCUT2D eigenvalue weighted by molar-refractivity contribution is 7.80. The summed E-state index contributed by atoms with van der Waals surface area (Å²) >= 11 is 4.91. The molecule has 20 heavy (non-hydrogen) atoms. The van der Waals surface area contributed by atoms with Crippen LogP contribution in [0.1, 0.15) is 16.8 Å². The molecular weight excluding hydrogens is 268 g/mol. The molecule has 2 N–H and O–H groups in total. The van der Waals surface area contributed by atoms with Crippen LogP contribution < -0.4 is 10.6 Å². The molecule has 0 aliphatic carbocycles. The van der Waals surface area contributed by atoms with Crippen molar-refractivity contribution >= 4 is 28.8 Å². The largest absolute Gasteiger partial charge is 0.393 e. The van der Waals surface area contributed by atoms with Gasteiger partial charge in [-0.3, -0.25) is 4.79 Å². The number of rotatable bonds is 5. The molecule has 0 atom stereocenters. The molecule has 2 aromatic rings. The summed E-state index contributed by atoms with van der Waals surface area (Å²) in [6.07, 6.45) is 0.503. The van der Waals surface area contributed by atoms with E-state index in [1.807, 2.05) is 48.5 Å². The summed E-state index contributed by atoms with van der Waals surface area (Å²) in [6, 6.07) is 18.7. The van der Waals surface area contributed by atoms with Crippen LogP contribution in [0.4, 0.5) is 5.69 Å². The van der Waals surface area contributed by atoms with E-state index in [0.717, 1.165) is 5.69 Å². The number of thiocarbonyl (C=S) groups is 1. The Balaban J connectivity index is 2.27. The number of para-hydroxylation sites is 1.